The average Bonchev–Trinajstić information content (AvgIpc) is 2.85. The number of pyridine rings is 1. The second-order valence-corrected chi connectivity index (χ2v) is 6.55. The van der Waals surface area contributed by atoms with Crippen molar-refractivity contribution in [3.05, 3.63) is 24.0 Å². The van der Waals surface area contributed by atoms with Gasteiger partial charge in [0.05, 0.1) is 6.20 Å². The van der Waals surface area contributed by atoms with Gasteiger partial charge in [-0.2, -0.15) is 5.10 Å². The van der Waals surface area contributed by atoms with Crippen molar-refractivity contribution >= 4 is 11.0 Å². The summed E-state index contributed by atoms with van der Waals surface area (Å²) in [6, 6.07) is 2.47. The third-order valence-electron chi connectivity index (χ3n) is 4.56. The standard InChI is InChI=1S/C16H24N4O/c1-12(2)20-15-14(9-19-20)6-13(8-18-15)7-17-10-16(11-21)4-3-5-16/h6,8-9,12,17,21H,3-5,7,10-11H2,1-2H3. The van der Waals surface area contributed by atoms with Gasteiger partial charge in [-0.15, -0.1) is 0 Å². The van der Waals surface area contributed by atoms with Gasteiger partial charge in [0.15, 0.2) is 5.65 Å². The number of aliphatic hydroxyl groups excluding tert-OH is 1. The zero-order valence-corrected chi connectivity index (χ0v) is 12.8. The number of rotatable bonds is 6. The molecule has 2 N–H and O–H groups in total. The lowest BCUT2D eigenvalue weighted by Gasteiger charge is -2.40. The molecule has 1 saturated carbocycles. The summed E-state index contributed by atoms with van der Waals surface area (Å²) in [5.74, 6) is 0. The van der Waals surface area contributed by atoms with Gasteiger partial charge in [-0.25, -0.2) is 9.67 Å². The minimum atomic E-state index is 0.125. The molecule has 2 heterocycles. The Hall–Kier alpha value is -1.46. The summed E-state index contributed by atoms with van der Waals surface area (Å²) in [6.45, 7) is 6.18. The van der Waals surface area contributed by atoms with Crippen LogP contribution >= 0.6 is 0 Å². The normalized spacial score (nSPS) is 17.3. The maximum Gasteiger partial charge on any atom is 0.157 e. The number of nitrogens with zero attached hydrogens (tertiary/aromatic N) is 3. The van der Waals surface area contributed by atoms with Gasteiger partial charge in [0, 0.05) is 42.7 Å². The predicted octanol–water partition coefficient (Wildman–Crippen LogP) is 2.26. The van der Waals surface area contributed by atoms with Gasteiger partial charge in [-0.05, 0) is 38.3 Å². The van der Waals surface area contributed by atoms with Gasteiger partial charge in [0.2, 0.25) is 0 Å². The molecule has 1 fully saturated rings. The molecular weight excluding hydrogens is 264 g/mol. The van der Waals surface area contributed by atoms with E-state index in [-0.39, 0.29) is 5.41 Å². The summed E-state index contributed by atoms with van der Waals surface area (Å²) < 4.78 is 1.95. The highest BCUT2D eigenvalue weighted by Gasteiger charge is 2.35. The maximum atomic E-state index is 9.47. The molecule has 1 aliphatic rings. The molecule has 5 nitrogen and oxygen atoms in total. The highest BCUT2D eigenvalue weighted by molar-refractivity contribution is 5.75. The van der Waals surface area contributed by atoms with E-state index in [1.165, 1.54) is 12.0 Å². The Morgan fingerprint density at radius 3 is 2.81 bits per heavy atom. The summed E-state index contributed by atoms with van der Waals surface area (Å²) in [4.78, 5) is 4.54. The first-order valence-electron chi connectivity index (χ1n) is 7.77. The monoisotopic (exact) mass is 288 g/mol. The van der Waals surface area contributed by atoms with Crippen LogP contribution in [0.2, 0.25) is 0 Å². The second-order valence-electron chi connectivity index (χ2n) is 6.55. The zero-order chi connectivity index (χ0) is 14.9. The summed E-state index contributed by atoms with van der Waals surface area (Å²) >= 11 is 0. The smallest absolute Gasteiger partial charge is 0.157 e. The Kier molecular flexibility index (Phi) is 3.95. The Bertz CT molecular complexity index is 610. The van der Waals surface area contributed by atoms with E-state index in [0.29, 0.717) is 12.6 Å². The lowest BCUT2D eigenvalue weighted by molar-refractivity contribution is 0.0445. The van der Waals surface area contributed by atoms with Crippen LogP contribution in [0.15, 0.2) is 18.5 Å². The summed E-state index contributed by atoms with van der Waals surface area (Å²) in [6.07, 6.45) is 7.31. The predicted molar refractivity (Wildman–Crippen MR) is 83.0 cm³/mol. The van der Waals surface area contributed by atoms with E-state index < -0.39 is 0 Å². The fourth-order valence-corrected chi connectivity index (χ4v) is 3.00. The average molecular weight is 288 g/mol. The highest BCUT2D eigenvalue weighted by atomic mass is 16.3. The molecule has 2 aromatic heterocycles. The molecule has 0 unspecified atom stereocenters. The van der Waals surface area contributed by atoms with E-state index in [0.717, 1.165) is 37.0 Å². The minimum Gasteiger partial charge on any atom is -0.396 e. The van der Waals surface area contributed by atoms with Crippen molar-refractivity contribution in [2.24, 2.45) is 5.41 Å². The minimum absolute atomic E-state index is 0.125. The van der Waals surface area contributed by atoms with E-state index in [2.05, 4.69) is 35.3 Å². The Morgan fingerprint density at radius 1 is 1.38 bits per heavy atom. The first-order chi connectivity index (χ1) is 10.1. The highest BCUT2D eigenvalue weighted by Crippen LogP contribution is 2.39. The lowest BCUT2D eigenvalue weighted by Crippen LogP contribution is -2.42. The van der Waals surface area contributed by atoms with Crippen LogP contribution < -0.4 is 5.32 Å². The van der Waals surface area contributed by atoms with Crippen molar-refractivity contribution < 1.29 is 5.11 Å². The summed E-state index contributed by atoms with van der Waals surface area (Å²) in [5.41, 5.74) is 2.23. The molecule has 0 aliphatic heterocycles. The van der Waals surface area contributed by atoms with Crippen molar-refractivity contribution in [3.8, 4) is 0 Å². The largest absolute Gasteiger partial charge is 0.396 e. The number of hydrogen-bond donors (Lipinski definition) is 2. The first-order valence-corrected chi connectivity index (χ1v) is 7.77. The van der Waals surface area contributed by atoms with Gasteiger partial charge < -0.3 is 10.4 Å². The van der Waals surface area contributed by atoms with E-state index in [1.807, 2.05) is 17.1 Å². The number of hydrogen-bond acceptors (Lipinski definition) is 4. The molecule has 0 atom stereocenters. The van der Waals surface area contributed by atoms with Crippen molar-refractivity contribution in [2.45, 2.75) is 45.7 Å². The van der Waals surface area contributed by atoms with Crippen molar-refractivity contribution in [1.29, 1.82) is 0 Å². The molecule has 5 heteroatoms. The van der Waals surface area contributed by atoms with E-state index in [4.69, 9.17) is 0 Å². The van der Waals surface area contributed by atoms with Gasteiger partial charge >= 0.3 is 0 Å². The molecule has 0 aromatic carbocycles. The Morgan fingerprint density at radius 2 is 2.19 bits per heavy atom. The van der Waals surface area contributed by atoms with Gasteiger partial charge in [0.1, 0.15) is 0 Å². The molecule has 114 valence electrons. The fourth-order valence-electron chi connectivity index (χ4n) is 3.00. The lowest BCUT2D eigenvalue weighted by atomic mass is 9.69. The Labute approximate surface area is 125 Å². The molecule has 0 radical (unpaired) electrons. The van der Waals surface area contributed by atoms with Gasteiger partial charge in [-0.1, -0.05) is 6.42 Å². The number of fused-ring (bicyclic) bond motifs is 1. The van der Waals surface area contributed by atoms with E-state index >= 15 is 0 Å². The Balaban J connectivity index is 1.65. The van der Waals surface area contributed by atoms with Crippen LogP contribution in [0.3, 0.4) is 0 Å². The summed E-state index contributed by atoms with van der Waals surface area (Å²) in [5, 5.41) is 18.4. The third-order valence-corrected chi connectivity index (χ3v) is 4.56. The van der Waals surface area contributed by atoms with Crippen molar-refractivity contribution in [2.75, 3.05) is 13.2 Å². The van der Waals surface area contributed by atoms with Crippen LogP contribution in [-0.2, 0) is 6.54 Å². The van der Waals surface area contributed by atoms with Gasteiger partial charge in [-0.3, -0.25) is 0 Å². The molecule has 3 rings (SSSR count). The van der Waals surface area contributed by atoms with Crippen molar-refractivity contribution in [3.63, 3.8) is 0 Å². The van der Waals surface area contributed by atoms with Crippen molar-refractivity contribution in [1.82, 2.24) is 20.1 Å². The molecule has 1 aliphatic carbocycles. The zero-order valence-electron chi connectivity index (χ0n) is 12.8. The third kappa shape index (κ3) is 2.80. The molecule has 2 aromatic rings. The fraction of sp³-hybridized carbons (Fsp3) is 0.625. The number of nitrogens with one attached hydrogen (secondary N) is 1. The van der Waals surface area contributed by atoms with Crippen LogP contribution in [0, 0.1) is 5.41 Å². The molecule has 21 heavy (non-hydrogen) atoms. The molecule has 0 amide bonds. The first kappa shape index (κ1) is 14.5. The number of aromatic nitrogens is 3. The van der Waals surface area contributed by atoms with Crippen LogP contribution in [0.4, 0.5) is 0 Å². The number of aliphatic hydroxyl groups is 1. The summed E-state index contributed by atoms with van der Waals surface area (Å²) in [7, 11) is 0. The maximum absolute atomic E-state index is 9.47. The SMILES string of the molecule is CC(C)n1ncc2cc(CNCC3(CO)CCC3)cnc21. The van der Waals surface area contributed by atoms with E-state index in [9.17, 15) is 5.11 Å². The topological polar surface area (TPSA) is 63.0 Å². The molecule has 0 saturated heterocycles. The second kappa shape index (κ2) is 5.73. The van der Waals surface area contributed by atoms with Gasteiger partial charge in [0.25, 0.3) is 0 Å². The van der Waals surface area contributed by atoms with Crippen LogP contribution in [0.1, 0.15) is 44.7 Å². The molecular formula is C16H24N4O. The van der Waals surface area contributed by atoms with E-state index in [1.54, 1.807) is 0 Å². The molecule has 0 spiro atoms. The quantitative estimate of drug-likeness (QED) is 0.856. The van der Waals surface area contributed by atoms with Crippen LogP contribution in [-0.4, -0.2) is 33.0 Å². The molecule has 0 bridgehead atoms. The van der Waals surface area contributed by atoms with Crippen LogP contribution in [0.25, 0.3) is 11.0 Å². The van der Waals surface area contributed by atoms with Crippen LogP contribution in [0.5, 0.6) is 0 Å².